The van der Waals surface area contributed by atoms with E-state index in [0.717, 1.165) is 25.8 Å². The molecule has 2 unspecified atom stereocenters. The van der Waals surface area contributed by atoms with Crippen LogP contribution in [0.3, 0.4) is 0 Å². The summed E-state index contributed by atoms with van der Waals surface area (Å²) in [5.74, 6) is 0.633. The van der Waals surface area contributed by atoms with E-state index in [9.17, 15) is 9.90 Å². The molecule has 1 fully saturated rings. The van der Waals surface area contributed by atoms with E-state index in [2.05, 4.69) is 10.6 Å². The average Bonchev–Trinajstić information content (AvgIpc) is 2.90. The van der Waals surface area contributed by atoms with Crippen molar-refractivity contribution >= 4 is 34.8 Å². The Balaban J connectivity index is 1.77. The Morgan fingerprint density at radius 2 is 1.90 bits per heavy atom. The summed E-state index contributed by atoms with van der Waals surface area (Å²) in [6, 6.07) is 5.09. The van der Waals surface area contributed by atoms with E-state index < -0.39 is 0 Å². The van der Waals surface area contributed by atoms with Gasteiger partial charge in [0.25, 0.3) is 0 Å². The van der Waals surface area contributed by atoms with E-state index >= 15 is 0 Å². The van der Waals surface area contributed by atoms with Crippen LogP contribution in [0.5, 0.6) is 0 Å². The van der Waals surface area contributed by atoms with Gasteiger partial charge in [0, 0.05) is 6.61 Å². The van der Waals surface area contributed by atoms with Crippen molar-refractivity contribution in [3.8, 4) is 0 Å². The number of carbonyl (C=O) groups is 1. The van der Waals surface area contributed by atoms with E-state index in [4.69, 9.17) is 23.2 Å². The first-order chi connectivity index (χ1) is 10.1. The Kier molecular flexibility index (Phi) is 6.30. The van der Waals surface area contributed by atoms with Gasteiger partial charge in [-0.1, -0.05) is 35.7 Å². The molecule has 21 heavy (non-hydrogen) atoms. The Hall–Kier alpha value is -0.810. The smallest absolute Gasteiger partial charge is 0.238 e. The molecule has 0 aromatic heterocycles. The first-order valence-electron chi connectivity index (χ1n) is 7.17. The Morgan fingerprint density at radius 3 is 2.57 bits per heavy atom. The minimum Gasteiger partial charge on any atom is -0.396 e. The molecule has 0 radical (unpaired) electrons. The molecule has 1 aliphatic rings. The van der Waals surface area contributed by atoms with Gasteiger partial charge in [-0.15, -0.1) is 0 Å². The molecule has 0 heterocycles. The second kappa shape index (κ2) is 7.99. The van der Waals surface area contributed by atoms with Gasteiger partial charge in [-0.05, 0) is 43.4 Å². The third-order valence-electron chi connectivity index (χ3n) is 3.97. The number of carbonyl (C=O) groups excluding carboxylic acids is 1. The molecule has 4 nitrogen and oxygen atoms in total. The highest BCUT2D eigenvalue weighted by Crippen LogP contribution is 2.31. The van der Waals surface area contributed by atoms with Crippen LogP contribution in [0, 0.1) is 11.8 Å². The zero-order valence-corrected chi connectivity index (χ0v) is 13.3. The van der Waals surface area contributed by atoms with E-state index in [1.54, 1.807) is 18.2 Å². The van der Waals surface area contributed by atoms with Crippen molar-refractivity contribution in [1.29, 1.82) is 0 Å². The van der Waals surface area contributed by atoms with Gasteiger partial charge in [0.2, 0.25) is 5.91 Å². The van der Waals surface area contributed by atoms with Gasteiger partial charge in [-0.3, -0.25) is 4.79 Å². The molecule has 1 amide bonds. The van der Waals surface area contributed by atoms with Crippen LogP contribution < -0.4 is 10.6 Å². The van der Waals surface area contributed by atoms with Gasteiger partial charge >= 0.3 is 0 Å². The Labute approximate surface area is 134 Å². The van der Waals surface area contributed by atoms with E-state index in [1.807, 2.05) is 0 Å². The number of para-hydroxylation sites is 1. The van der Waals surface area contributed by atoms with E-state index in [-0.39, 0.29) is 19.1 Å². The van der Waals surface area contributed by atoms with Gasteiger partial charge in [0.05, 0.1) is 22.3 Å². The lowest BCUT2D eigenvalue weighted by molar-refractivity contribution is -0.115. The third kappa shape index (κ3) is 4.58. The molecule has 3 N–H and O–H groups in total. The Bertz CT molecular complexity index is 476. The van der Waals surface area contributed by atoms with Gasteiger partial charge in [0.1, 0.15) is 0 Å². The van der Waals surface area contributed by atoms with Crippen molar-refractivity contribution in [2.24, 2.45) is 11.8 Å². The van der Waals surface area contributed by atoms with Crippen LogP contribution >= 0.6 is 23.2 Å². The van der Waals surface area contributed by atoms with Crippen molar-refractivity contribution in [2.75, 3.05) is 25.0 Å². The van der Waals surface area contributed by atoms with Gasteiger partial charge in [-0.2, -0.15) is 0 Å². The zero-order chi connectivity index (χ0) is 15.2. The van der Waals surface area contributed by atoms with Crippen LogP contribution in [0.2, 0.25) is 10.0 Å². The summed E-state index contributed by atoms with van der Waals surface area (Å²) in [5, 5.41) is 16.0. The number of aliphatic hydroxyl groups excluding tert-OH is 1. The molecule has 0 spiro atoms. The zero-order valence-electron chi connectivity index (χ0n) is 11.7. The second-order valence-electron chi connectivity index (χ2n) is 5.41. The summed E-state index contributed by atoms with van der Waals surface area (Å²) >= 11 is 12.0. The lowest BCUT2D eigenvalue weighted by atomic mass is 9.97. The molecule has 116 valence electrons. The number of nitrogens with one attached hydrogen (secondary N) is 2. The molecule has 1 aromatic rings. The molecule has 1 aromatic carbocycles. The topological polar surface area (TPSA) is 61.4 Å². The first kappa shape index (κ1) is 16.6. The number of amides is 1. The highest BCUT2D eigenvalue weighted by Gasteiger charge is 2.26. The fourth-order valence-electron chi connectivity index (χ4n) is 2.79. The average molecular weight is 331 g/mol. The van der Waals surface area contributed by atoms with Crippen molar-refractivity contribution in [3.05, 3.63) is 28.2 Å². The maximum atomic E-state index is 11.9. The van der Waals surface area contributed by atoms with Crippen molar-refractivity contribution in [1.82, 2.24) is 5.32 Å². The lowest BCUT2D eigenvalue weighted by Crippen LogP contribution is -2.33. The van der Waals surface area contributed by atoms with Crippen molar-refractivity contribution in [2.45, 2.75) is 19.3 Å². The summed E-state index contributed by atoms with van der Waals surface area (Å²) in [7, 11) is 0. The summed E-state index contributed by atoms with van der Waals surface area (Å²) in [5.41, 5.74) is 0.446. The molecule has 0 aliphatic heterocycles. The molecule has 1 saturated carbocycles. The summed E-state index contributed by atoms with van der Waals surface area (Å²) in [6.07, 6.45) is 3.33. The largest absolute Gasteiger partial charge is 0.396 e. The molecule has 2 atom stereocenters. The molecular formula is C15H20Cl2N2O2. The van der Waals surface area contributed by atoms with Crippen LogP contribution in [-0.2, 0) is 4.79 Å². The van der Waals surface area contributed by atoms with E-state index in [0.29, 0.717) is 27.6 Å². The minimum atomic E-state index is -0.177. The number of aliphatic hydroxyl groups is 1. The molecule has 0 saturated heterocycles. The maximum absolute atomic E-state index is 11.9. The van der Waals surface area contributed by atoms with E-state index in [1.165, 1.54) is 0 Å². The summed E-state index contributed by atoms with van der Waals surface area (Å²) in [4.78, 5) is 11.9. The van der Waals surface area contributed by atoms with Crippen molar-refractivity contribution in [3.63, 3.8) is 0 Å². The number of hydrogen-bond acceptors (Lipinski definition) is 3. The predicted octanol–water partition coefficient (Wildman–Crippen LogP) is 2.93. The maximum Gasteiger partial charge on any atom is 0.238 e. The highest BCUT2D eigenvalue weighted by atomic mass is 35.5. The third-order valence-corrected chi connectivity index (χ3v) is 4.60. The molecule has 2 rings (SSSR count). The van der Waals surface area contributed by atoms with Gasteiger partial charge < -0.3 is 15.7 Å². The number of anilines is 1. The monoisotopic (exact) mass is 330 g/mol. The Morgan fingerprint density at radius 1 is 1.24 bits per heavy atom. The van der Waals surface area contributed by atoms with Crippen LogP contribution in [0.15, 0.2) is 18.2 Å². The predicted molar refractivity (Wildman–Crippen MR) is 85.9 cm³/mol. The van der Waals surface area contributed by atoms with Crippen LogP contribution in [0.1, 0.15) is 19.3 Å². The fourth-order valence-corrected chi connectivity index (χ4v) is 3.29. The molecule has 6 heteroatoms. The fraction of sp³-hybridized carbons (Fsp3) is 0.533. The normalized spacial score (nSPS) is 21.5. The van der Waals surface area contributed by atoms with Crippen LogP contribution in [0.4, 0.5) is 5.69 Å². The first-order valence-corrected chi connectivity index (χ1v) is 7.93. The SMILES string of the molecule is O=C(CNCC1CCCC1CO)Nc1c(Cl)cccc1Cl. The number of halogens is 2. The lowest BCUT2D eigenvalue weighted by Gasteiger charge is -2.17. The van der Waals surface area contributed by atoms with Crippen LogP contribution in [0.25, 0.3) is 0 Å². The number of benzene rings is 1. The standard InChI is InChI=1S/C15H20Cl2N2O2/c16-12-5-2-6-13(17)15(12)19-14(21)8-18-7-10-3-1-4-11(10)9-20/h2,5-6,10-11,18,20H,1,3-4,7-9H2,(H,19,21). The van der Waals surface area contributed by atoms with Gasteiger partial charge in [0.15, 0.2) is 0 Å². The second-order valence-corrected chi connectivity index (χ2v) is 6.22. The quantitative estimate of drug-likeness (QED) is 0.751. The number of rotatable bonds is 6. The minimum absolute atomic E-state index is 0.177. The molecule has 0 bridgehead atoms. The highest BCUT2D eigenvalue weighted by molar-refractivity contribution is 6.39. The summed E-state index contributed by atoms with van der Waals surface area (Å²) in [6.45, 7) is 1.18. The number of hydrogen-bond donors (Lipinski definition) is 3. The van der Waals surface area contributed by atoms with Crippen molar-refractivity contribution < 1.29 is 9.90 Å². The summed E-state index contributed by atoms with van der Waals surface area (Å²) < 4.78 is 0. The molecule has 1 aliphatic carbocycles. The van der Waals surface area contributed by atoms with Gasteiger partial charge in [-0.25, -0.2) is 0 Å². The molecular weight excluding hydrogens is 311 g/mol. The van der Waals surface area contributed by atoms with Crippen LogP contribution in [-0.4, -0.2) is 30.7 Å².